The second-order valence-electron chi connectivity index (χ2n) is 3.33. The van der Waals surface area contributed by atoms with Crippen molar-refractivity contribution in [1.29, 1.82) is 0 Å². The maximum atomic E-state index is 4.43. The predicted molar refractivity (Wildman–Crippen MR) is 61.7 cm³/mol. The minimum atomic E-state index is 0.719. The maximum absolute atomic E-state index is 4.43. The molecule has 72 valence electrons. The normalized spacial score (nSPS) is 10.8. The first kappa shape index (κ1) is 9.34. The third-order valence-electron chi connectivity index (χ3n) is 2.41. The highest BCUT2D eigenvalue weighted by Gasteiger charge is 2.10. The number of aryl methyl sites for hydroxylation is 3. The summed E-state index contributed by atoms with van der Waals surface area (Å²) in [5.74, 6) is 0.719. The molecule has 2 rings (SSSR count). The molecule has 2 aromatic rings. The van der Waals surface area contributed by atoms with Crippen molar-refractivity contribution in [3.05, 3.63) is 28.5 Å². The van der Waals surface area contributed by atoms with Crippen LogP contribution in [0.4, 0.5) is 0 Å². The summed E-state index contributed by atoms with van der Waals surface area (Å²) in [4.78, 5) is 11.2. The zero-order valence-electron chi connectivity index (χ0n) is 8.59. The van der Waals surface area contributed by atoms with Gasteiger partial charge in [-0.1, -0.05) is 6.58 Å². The van der Waals surface area contributed by atoms with Crippen molar-refractivity contribution in [3.8, 4) is 0 Å². The number of rotatable bonds is 1. The van der Waals surface area contributed by atoms with Gasteiger partial charge in [0.25, 0.3) is 0 Å². The summed E-state index contributed by atoms with van der Waals surface area (Å²) in [5.41, 5.74) is 2.35. The minimum Gasteiger partial charge on any atom is -0.233 e. The van der Waals surface area contributed by atoms with Gasteiger partial charge < -0.3 is 0 Å². The lowest BCUT2D eigenvalue weighted by molar-refractivity contribution is 1.13. The van der Waals surface area contributed by atoms with E-state index in [0.717, 1.165) is 16.3 Å². The number of aromatic nitrogens is 2. The summed E-state index contributed by atoms with van der Waals surface area (Å²) >= 11 is 1.72. The van der Waals surface area contributed by atoms with E-state index in [1.54, 1.807) is 17.4 Å². The molecular formula is C11H12N2S. The lowest BCUT2D eigenvalue weighted by Crippen LogP contribution is -1.91. The van der Waals surface area contributed by atoms with E-state index in [-0.39, 0.29) is 0 Å². The molecule has 0 saturated heterocycles. The van der Waals surface area contributed by atoms with Crippen LogP contribution in [0.1, 0.15) is 22.0 Å². The average Bonchev–Trinajstić information content (AvgIpc) is 2.43. The molecule has 0 aliphatic carbocycles. The second-order valence-corrected chi connectivity index (χ2v) is 4.54. The van der Waals surface area contributed by atoms with Gasteiger partial charge in [0.1, 0.15) is 4.83 Å². The molecule has 0 radical (unpaired) electrons. The third-order valence-corrected chi connectivity index (χ3v) is 3.51. The van der Waals surface area contributed by atoms with E-state index < -0.39 is 0 Å². The van der Waals surface area contributed by atoms with Gasteiger partial charge in [0, 0.05) is 10.3 Å². The van der Waals surface area contributed by atoms with Crippen molar-refractivity contribution in [3.63, 3.8) is 0 Å². The van der Waals surface area contributed by atoms with Crippen molar-refractivity contribution in [1.82, 2.24) is 9.97 Å². The van der Waals surface area contributed by atoms with Gasteiger partial charge in [0.05, 0.1) is 5.69 Å². The lowest BCUT2D eigenvalue weighted by Gasteiger charge is -1.98. The summed E-state index contributed by atoms with van der Waals surface area (Å²) in [6, 6.07) is 0. The molecule has 2 aromatic heterocycles. The summed E-state index contributed by atoms with van der Waals surface area (Å²) in [6.07, 6.45) is 1.69. The quantitative estimate of drug-likeness (QED) is 0.712. The highest BCUT2D eigenvalue weighted by atomic mass is 32.1. The molecule has 14 heavy (non-hydrogen) atoms. The molecule has 0 aromatic carbocycles. The molecular weight excluding hydrogens is 192 g/mol. The Morgan fingerprint density at radius 3 is 2.57 bits per heavy atom. The summed E-state index contributed by atoms with van der Waals surface area (Å²) in [5, 5.41) is 1.21. The van der Waals surface area contributed by atoms with Gasteiger partial charge in [-0.15, -0.1) is 11.3 Å². The summed E-state index contributed by atoms with van der Waals surface area (Å²) < 4.78 is 0. The molecule has 0 aliphatic rings. The SMILES string of the molecule is C=Cc1nc(C)c2c(C)c(C)sc2n1. The van der Waals surface area contributed by atoms with E-state index in [1.165, 1.54) is 15.8 Å². The maximum Gasteiger partial charge on any atom is 0.153 e. The monoisotopic (exact) mass is 204 g/mol. The number of hydrogen-bond acceptors (Lipinski definition) is 3. The van der Waals surface area contributed by atoms with E-state index in [9.17, 15) is 0 Å². The van der Waals surface area contributed by atoms with E-state index in [0.29, 0.717) is 0 Å². The Labute approximate surface area is 87.3 Å². The van der Waals surface area contributed by atoms with Gasteiger partial charge in [-0.3, -0.25) is 0 Å². The van der Waals surface area contributed by atoms with Gasteiger partial charge in [-0.25, -0.2) is 9.97 Å². The lowest BCUT2D eigenvalue weighted by atomic mass is 10.2. The Hall–Kier alpha value is -1.22. The first-order valence-electron chi connectivity index (χ1n) is 4.50. The van der Waals surface area contributed by atoms with Gasteiger partial charge in [-0.05, 0) is 32.4 Å². The van der Waals surface area contributed by atoms with Crippen LogP contribution in [0.5, 0.6) is 0 Å². The minimum absolute atomic E-state index is 0.719. The molecule has 0 saturated carbocycles. The molecule has 0 unspecified atom stereocenters. The van der Waals surface area contributed by atoms with Crippen LogP contribution in [0, 0.1) is 20.8 Å². The smallest absolute Gasteiger partial charge is 0.153 e. The molecule has 0 fully saturated rings. The number of thiophene rings is 1. The van der Waals surface area contributed by atoms with E-state index >= 15 is 0 Å². The van der Waals surface area contributed by atoms with Gasteiger partial charge in [0.15, 0.2) is 5.82 Å². The Bertz CT molecular complexity index is 511. The Balaban J connectivity index is 2.89. The van der Waals surface area contributed by atoms with Crippen LogP contribution < -0.4 is 0 Å². The van der Waals surface area contributed by atoms with Crippen LogP contribution in [0.15, 0.2) is 6.58 Å². The fourth-order valence-corrected chi connectivity index (χ4v) is 2.65. The molecule has 0 bridgehead atoms. The van der Waals surface area contributed by atoms with Crippen molar-refractivity contribution >= 4 is 27.6 Å². The van der Waals surface area contributed by atoms with Crippen molar-refractivity contribution in [2.45, 2.75) is 20.8 Å². The predicted octanol–water partition coefficient (Wildman–Crippen LogP) is 3.26. The zero-order valence-corrected chi connectivity index (χ0v) is 9.40. The standard InChI is InChI=1S/C11H12N2S/c1-5-9-12-7(3)10-6(2)8(4)14-11(10)13-9/h5H,1H2,2-4H3. The van der Waals surface area contributed by atoms with Crippen molar-refractivity contribution < 1.29 is 0 Å². The summed E-state index contributed by atoms with van der Waals surface area (Å²) in [7, 11) is 0. The van der Waals surface area contributed by atoms with Crippen molar-refractivity contribution in [2.75, 3.05) is 0 Å². The average molecular weight is 204 g/mol. The first-order chi connectivity index (χ1) is 6.63. The molecule has 3 heteroatoms. The Morgan fingerprint density at radius 1 is 1.21 bits per heavy atom. The van der Waals surface area contributed by atoms with E-state index in [2.05, 4.69) is 30.4 Å². The van der Waals surface area contributed by atoms with Crippen LogP contribution in [0.25, 0.3) is 16.3 Å². The van der Waals surface area contributed by atoms with Crippen molar-refractivity contribution in [2.24, 2.45) is 0 Å². The summed E-state index contributed by atoms with van der Waals surface area (Å²) in [6.45, 7) is 9.95. The Morgan fingerprint density at radius 2 is 1.93 bits per heavy atom. The molecule has 0 atom stereocenters. The highest BCUT2D eigenvalue weighted by Crippen LogP contribution is 2.30. The fourth-order valence-electron chi connectivity index (χ4n) is 1.56. The molecule has 0 aliphatic heterocycles. The topological polar surface area (TPSA) is 25.8 Å². The molecule has 2 nitrogen and oxygen atoms in total. The number of nitrogens with zero attached hydrogens (tertiary/aromatic N) is 2. The third kappa shape index (κ3) is 1.24. The second kappa shape index (κ2) is 3.17. The van der Waals surface area contributed by atoms with Crippen LogP contribution in [0.2, 0.25) is 0 Å². The highest BCUT2D eigenvalue weighted by molar-refractivity contribution is 7.18. The van der Waals surface area contributed by atoms with Gasteiger partial charge in [0.2, 0.25) is 0 Å². The van der Waals surface area contributed by atoms with E-state index in [1.807, 2.05) is 6.92 Å². The largest absolute Gasteiger partial charge is 0.233 e. The van der Waals surface area contributed by atoms with Gasteiger partial charge in [-0.2, -0.15) is 0 Å². The van der Waals surface area contributed by atoms with Crippen LogP contribution in [-0.4, -0.2) is 9.97 Å². The molecule has 0 amide bonds. The molecule has 0 spiro atoms. The van der Waals surface area contributed by atoms with Crippen LogP contribution >= 0.6 is 11.3 Å². The number of hydrogen-bond donors (Lipinski definition) is 0. The fraction of sp³-hybridized carbons (Fsp3) is 0.273. The van der Waals surface area contributed by atoms with Gasteiger partial charge >= 0.3 is 0 Å². The Kier molecular flexibility index (Phi) is 2.11. The first-order valence-corrected chi connectivity index (χ1v) is 5.32. The van der Waals surface area contributed by atoms with Crippen LogP contribution in [0.3, 0.4) is 0 Å². The zero-order chi connectivity index (χ0) is 10.3. The molecule has 0 N–H and O–H groups in total. The van der Waals surface area contributed by atoms with Crippen LogP contribution in [-0.2, 0) is 0 Å². The van der Waals surface area contributed by atoms with E-state index in [4.69, 9.17) is 0 Å². The molecule has 2 heterocycles. The number of fused-ring (bicyclic) bond motifs is 1.